The van der Waals surface area contributed by atoms with Crippen LogP contribution in [0.5, 0.6) is 0 Å². The normalized spacial score (nSPS) is 11.2. The molecular weight excluding hydrogens is 176 g/mol. The van der Waals surface area contributed by atoms with E-state index in [9.17, 15) is 0 Å². The second kappa shape index (κ2) is 5.15. The molecule has 0 aliphatic heterocycles. The summed E-state index contributed by atoms with van der Waals surface area (Å²) in [5, 5.41) is 13.5. The lowest BCUT2D eigenvalue weighted by Crippen LogP contribution is -2.07. The first-order valence-electron chi connectivity index (χ1n) is 5.36. The number of rotatable bonds is 5. The Hall–Kier alpha value is -0.830. The highest BCUT2D eigenvalue weighted by Crippen LogP contribution is 2.19. The van der Waals surface area contributed by atoms with Crippen molar-refractivity contribution in [1.82, 2.24) is 9.78 Å². The minimum atomic E-state index is 0.0969. The van der Waals surface area contributed by atoms with Crippen LogP contribution in [0.25, 0.3) is 0 Å². The minimum absolute atomic E-state index is 0.0969. The molecule has 0 aromatic carbocycles. The maximum absolute atomic E-state index is 9.15. The summed E-state index contributed by atoms with van der Waals surface area (Å²) in [6.07, 6.45) is 4.10. The highest BCUT2D eigenvalue weighted by molar-refractivity contribution is 5.20. The van der Waals surface area contributed by atoms with Crippen molar-refractivity contribution in [2.24, 2.45) is 0 Å². The minimum Gasteiger partial charge on any atom is -0.392 e. The van der Waals surface area contributed by atoms with Gasteiger partial charge in [-0.2, -0.15) is 5.10 Å². The maximum Gasteiger partial charge on any atom is 0.0715 e. The zero-order chi connectivity index (χ0) is 10.6. The van der Waals surface area contributed by atoms with Gasteiger partial charge in [-0.25, -0.2) is 0 Å². The molecule has 0 saturated carbocycles. The van der Waals surface area contributed by atoms with Crippen LogP contribution < -0.4 is 0 Å². The Morgan fingerprint density at radius 2 is 2.21 bits per heavy atom. The average molecular weight is 196 g/mol. The number of unbranched alkanes of at least 4 members (excludes halogenated alkanes) is 1. The van der Waals surface area contributed by atoms with Crippen LogP contribution in [0, 0.1) is 0 Å². The second-order valence-corrected chi connectivity index (χ2v) is 3.94. The molecule has 0 aliphatic rings. The fourth-order valence-corrected chi connectivity index (χ4v) is 1.71. The van der Waals surface area contributed by atoms with Gasteiger partial charge in [0, 0.05) is 17.8 Å². The van der Waals surface area contributed by atoms with E-state index in [2.05, 4.69) is 25.9 Å². The van der Waals surface area contributed by atoms with E-state index in [0.29, 0.717) is 5.92 Å². The molecule has 0 atom stereocenters. The Morgan fingerprint density at radius 1 is 1.50 bits per heavy atom. The summed E-state index contributed by atoms with van der Waals surface area (Å²) in [5.74, 6) is 0.427. The van der Waals surface area contributed by atoms with Gasteiger partial charge in [0.2, 0.25) is 0 Å². The Kier molecular flexibility index (Phi) is 4.14. The molecule has 80 valence electrons. The fourth-order valence-electron chi connectivity index (χ4n) is 1.71. The van der Waals surface area contributed by atoms with Crippen LogP contribution in [0.15, 0.2) is 6.20 Å². The van der Waals surface area contributed by atoms with Gasteiger partial charge < -0.3 is 5.11 Å². The third-order valence-corrected chi connectivity index (χ3v) is 2.40. The molecule has 0 fully saturated rings. The average Bonchev–Trinajstić information content (AvgIpc) is 2.57. The highest BCUT2D eigenvalue weighted by atomic mass is 16.3. The largest absolute Gasteiger partial charge is 0.392 e. The summed E-state index contributed by atoms with van der Waals surface area (Å²) in [5.41, 5.74) is 2.15. The van der Waals surface area contributed by atoms with Crippen LogP contribution >= 0.6 is 0 Å². The Bertz CT molecular complexity index is 279. The van der Waals surface area contributed by atoms with Crippen molar-refractivity contribution in [2.45, 2.75) is 52.7 Å². The van der Waals surface area contributed by atoms with Crippen LogP contribution in [-0.2, 0) is 13.2 Å². The van der Waals surface area contributed by atoms with Gasteiger partial charge in [-0.1, -0.05) is 27.2 Å². The lowest BCUT2D eigenvalue weighted by Gasteiger charge is -2.11. The molecule has 1 aromatic rings. The van der Waals surface area contributed by atoms with Crippen molar-refractivity contribution in [2.75, 3.05) is 0 Å². The lowest BCUT2D eigenvalue weighted by molar-refractivity contribution is 0.279. The van der Waals surface area contributed by atoms with Gasteiger partial charge in [0.05, 0.1) is 12.8 Å². The number of nitrogens with zero attached hydrogens (tertiary/aromatic N) is 2. The first kappa shape index (κ1) is 11.2. The quantitative estimate of drug-likeness (QED) is 0.784. The molecule has 0 saturated heterocycles. The number of aliphatic hydroxyl groups is 1. The summed E-state index contributed by atoms with van der Waals surface area (Å²) >= 11 is 0. The molecule has 1 N–H and O–H groups in total. The molecule has 3 heteroatoms. The van der Waals surface area contributed by atoms with Gasteiger partial charge in [-0.05, 0) is 12.3 Å². The van der Waals surface area contributed by atoms with E-state index >= 15 is 0 Å². The molecular formula is C11H20N2O. The third kappa shape index (κ3) is 2.35. The van der Waals surface area contributed by atoms with Crippen LogP contribution in [0.2, 0.25) is 0 Å². The molecule has 1 aromatic heterocycles. The maximum atomic E-state index is 9.15. The molecule has 14 heavy (non-hydrogen) atoms. The van der Waals surface area contributed by atoms with E-state index in [0.717, 1.165) is 18.5 Å². The van der Waals surface area contributed by atoms with Gasteiger partial charge in [0.15, 0.2) is 0 Å². The Labute approximate surface area is 85.8 Å². The molecule has 3 nitrogen and oxygen atoms in total. The third-order valence-electron chi connectivity index (χ3n) is 2.40. The number of hydrogen-bond donors (Lipinski definition) is 1. The van der Waals surface area contributed by atoms with Gasteiger partial charge in [-0.15, -0.1) is 0 Å². The molecule has 1 rings (SSSR count). The molecule has 0 amide bonds. The molecule has 0 bridgehead atoms. The fraction of sp³-hybridized carbons (Fsp3) is 0.727. The lowest BCUT2D eigenvalue weighted by atomic mass is 10.1. The van der Waals surface area contributed by atoms with Crippen molar-refractivity contribution >= 4 is 0 Å². The summed E-state index contributed by atoms with van der Waals surface area (Å²) < 4.78 is 2.03. The zero-order valence-electron chi connectivity index (χ0n) is 9.32. The number of aryl methyl sites for hydroxylation is 1. The van der Waals surface area contributed by atoms with E-state index in [1.807, 2.05) is 4.68 Å². The number of aliphatic hydroxyl groups excluding tert-OH is 1. The predicted molar refractivity (Wildman–Crippen MR) is 57.1 cm³/mol. The number of hydrogen-bond acceptors (Lipinski definition) is 2. The predicted octanol–water partition coefficient (Wildman–Crippen LogP) is 2.30. The molecule has 0 aliphatic carbocycles. The van der Waals surface area contributed by atoms with E-state index in [1.165, 1.54) is 12.1 Å². The summed E-state index contributed by atoms with van der Waals surface area (Å²) in [4.78, 5) is 0. The zero-order valence-corrected chi connectivity index (χ0v) is 9.32. The van der Waals surface area contributed by atoms with Gasteiger partial charge in [0.25, 0.3) is 0 Å². The van der Waals surface area contributed by atoms with Crippen LogP contribution in [0.4, 0.5) is 0 Å². The number of aromatic nitrogens is 2. The van der Waals surface area contributed by atoms with Crippen molar-refractivity contribution in [3.05, 3.63) is 17.5 Å². The van der Waals surface area contributed by atoms with Gasteiger partial charge >= 0.3 is 0 Å². The monoisotopic (exact) mass is 196 g/mol. The van der Waals surface area contributed by atoms with E-state index in [-0.39, 0.29) is 6.61 Å². The van der Waals surface area contributed by atoms with Crippen molar-refractivity contribution in [3.8, 4) is 0 Å². The van der Waals surface area contributed by atoms with E-state index in [4.69, 9.17) is 5.11 Å². The smallest absolute Gasteiger partial charge is 0.0715 e. The van der Waals surface area contributed by atoms with Gasteiger partial charge in [0.1, 0.15) is 0 Å². The first-order valence-corrected chi connectivity index (χ1v) is 5.36. The Balaban J connectivity index is 2.87. The molecule has 0 spiro atoms. The molecule has 1 heterocycles. The van der Waals surface area contributed by atoms with Crippen molar-refractivity contribution in [1.29, 1.82) is 0 Å². The summed E-state index contributed by atoms with van der Waals surface area (Å²) in [6.45, 7) is 7.51. The first-order chi connectivity index (χ1) is 6.70. The SMILES string of the molecule is CCCCn1ncc(CO)c1C(C)C. The molecule has 0 unspecified atom stereocenters. The Morgan fingerprint density at radius 3 is 2.71 bits per heavy atom. The van der Waals surface area contributed by atoms with Crippen LogP contribution in [-0.4, -0.2) is 14.9 Å². The topological polar surface area (TPSA) is 38.0 Å². The standard InChI is InChI=1S/C11H20N2O/c1-4-5-6-13-11(9(2)3)10(8-14)7-12-13/h7,9,14H,4-6,8H2,1-3H3. The summed E-state index contributed by atoms with van der Waals surface area (Å²) in [7, 11) is 0. The molecule has 0 radical (unpaired) electrons. The van der Waals surface area contributed by atoms with Crippen LogP contribution in [0.3, 0.4) is 0 Å². The van der Waals surface area contributed by atoms with Crippen LogP contribution in [0.1, 0.15) is 50.8 Å². The second-order valence-electron chi connectivity index (χ2n) is 3.94. The van der Waals surface area contributed by atoms with E-state index < -0.39 is 0 Å². The van der Waals surface area contributed by atoms with E-state index in [1.54, 1.807) is 6.20 Å². The van der Waals surface area contributed by atoms with Gasteiger partial charge in [-0.3, -0.25) is 4.68 Å². The van der Waals surface area contributed by atoms with Crippen molar-refractivity contribution in [3.63, 3.8) is 0 Å². The van der Waals surface area contributed by atoms with Crippen molar-refractivity contribution < 1.29 is 5.11 Å². The highest BCUT2D eigenvalue weighted by Gasteiger charge is 2.12. The summed E-state index contributed by atoms with van der Waals surface area (Å²) in [6, 6.07) is 0.